The number of nitrogens with zero attached hydrogens (tertiary/aromatic N) is 2. The number of hydrogen-bond donors (Lipinski definition) is 4. The number of aliphatic hydroxyl groups excluding tert-OH is 1. The molecule has 8 heteroatoms. The molecule has 0 aliphatic carbocycles. The van der Waals surface area contributed by atoms with Crippen molar-refractivity contribution in [2.45, 2.75) is 19.3 Å². The standard InChI is InChI=1S/C18H22ClN5O2/c1-2-16(26)22-13-7-6-8-14(11-13)23-18-21-12-15(19)17(24-18)20-9-4-3-5-10-25/h2,6-8,11-12,25H,1,3-5,9-10H2,(H,22,26)(H2,20,21,23,24). The summed E-state index contributed by atoms with van der Waals surface area (Å²) in [6.45, 7) is 4.34. The molecule has 0 saturated heterocycles. The van der Waals surface area contributed by atoms with E-state index in [9.17, 15) is 4.79 Å². The Morgan fingerprint density at radius 2 is 2.08 bits per heavy atom. The Bertz CT molecular complexity index is 754. The van der Waals surface area contributed by atoms with Crippen LogP contribution in [-0.4, -0.2) is 34.1 Å². The Balaban J connectivity index is 2.01. The van der Waals surface area contributed by atoms with Crippen molar-refractivity contribution in [2.24, 2.45) is 0 Å². The number of carbonyl (C=O) groups is 1. The molecule has 0 aliphatic rings. The zero-order valence-electron chi connectivity index (χ0n) is 14.3. The van der Waals surface area contributed by atoms with Crippen LogP contribution < -0.4 is 16.0 Å². The molecule has 7 nitrogen and oxygen atoms in total. The van der Waals surface area contributed by atoms with Gasteiger partial charge in [0.15, 0.2) is 0 Å². The predicted octanol–water partition coefficient (Wildman–Crippen LogP) is 3.57. The molecule has 0 saturated carbocycles. The van der Waals surface area contributed by atoms with E-state index in [1.807, 2.05) is 6.07 Å². The molecule has 2 aromatic rings. The average Bonchev–Trinajstić information content (AvgIpc) is 2.64. The minimum Gasteiger partial charge on any atom is -0.396 e. The van der Waals surface area contributed by atoms with Crippen LogP contribution in [0.3, 0.4) is 0 Å². The van der Waals surface area contributed by atoms with E-state index in [-0.39, 0.29) is 12.5 Å². The summed E-state index contributed by atoms with van der Waals surface area (Å²) in [5, 5.41) is 18.2. The highest BCUT2D eigenvalue weighted by atomic mass is 35.5. The van der Waals surface area contributed by atoms with Crippen LogP contribution in [0.1, 0.15) is 19.3 Å². The van der Waals surface area contributed by atoms with Gasteiger partial charge in [0.2, 0.25) is 11.9 Å². The third-order valence-electron chi connectivity index (χ3n) is 3.44. The number of anilines is 4. The van der Waals surface area contributed by atoms with Crippen LogP contribution in [0.25, 0.3) is 0 Å². The number of halogens is 1. The van der Waals surface area contributed by atoms with Crippen LogP contribution in [0.2, 0.25) is 5.02 Å². The van der Waals surface area contributed by atoms with Crippen molar-refractivity contribution in [1.82, 2.24) is 9.97 Å². The van der Waals surface area contributed by atoms with E-state index >= 15 is 0 Å². The molecular formula is C18H22ClN5O2. The number of amides is 1. The van der Waals surface area contributed by atoms with Crippen LogP contribution in [0, 0.1) is 0 Å². The van der Waals surface area contributed by atoms with Crippen molar-refractivity contribution in [3.05, 3.63) is 48.1 Å². The normalized spacial score (nSPS) is 10.2. The molecule has 0 unspecified atom stereocenters. The van der Waals surface area contributed by atoms with Crippen LogP contribution in [-0.2, 0) is 4.79 Å². The predicted molar refractivity (Wildman–Crippen MR) is 105 cm³/mol. The van der Waals surface area contributed by atoms with Gasteiger partial charge >= 0.3 is 0 Å². The quantitative estimate of drug-likeness (QED) is 0.374. The summed E-state index contributed by atoms with van der Waals surface area (Å²) in [6.07, 6.45) is 5.36. The van der Waals surface area contributed by atoms with Gasteiger partial charge in [0.05, 0.1) is 6.20 Å². The molecular weight excluding hydrogens is 354 g/mol. The Morgan fingerprint density at radius 3 is 2.85 bits per heavy atom. The van der Waals surface area contributed by atoms with Gasteiger partial charge in [0.1, 0.15) is 10.8 Å². The zero-order chi connectivity index (χ0) is 18.8. The van der Waals surface area contributed by atoms with Crippen molar-refractivity contribution in [3.8, 4) is 0 Å². The third-order valence-corrected chi connectivity index (χ3v) is 3.72. The molecule has 26 heavy (non-hydrogen) atoms. The van der Waals surface area contributed by atoms with E-state index in [2.05, 4.69) is 32.5 Å². The van der Waals surface area contributed by atoms with Gasteiger partial charge in [0.25, 0.3) is 0 Å². The van der Waals surface area contributed by atoms with Crippen LogP contribution in [0.15, 0.2) is 43.1 Å². The Hall–Kier alpha value is -2.64. The van der Waals surface area contributed by atoms with E-state index in [4.69, 9.17) is 16.7 Å². The lowest BCUT2D eigenvalue weighted by atomic mass is 10.2. The molecule has 1 heterocycles. The Morgan fingerprint density at radius 1 is 1.27 bits per heavy atom. The average molecular weight is 376 g/mol. The molecule has 0 fully saturated rings. The van der Waals surface area contributed by atoms with Crippen LogP contribution >= 0.6 is 11.6 Å². The van der Waals surface area contributed by atoms with Gasteiger partial charge in [-0.2, -0.15) is 4.98 Å². The lowest BCUT2D eigenvalue weighted by Crippen LogP contribution is -2.08. The number of unbranched alkanes of at least 4 members (excludes halogenated alkanes) is 2. The first-order valence-electron chi connectivity index (χ1n) is 8.30. The fourth-order valence-electron chi connectivity index (χ4n) is 2.17. The number of rotatable bonds is 10. The second-order valence-electron chi connectivity index (χ2n) is 5.50. The number of benzene rings is 1. The van der Waals surface area contributed by atoms with Gasteiger partial charge < -0.3 is 21.1 Å². The highest BCUT2D eigenvalue weighted by molar-refractivity contribution is 6.32. The number of carbonyl (C=O) groups excluding carboxylic acids is 1. The molecule has 0 bridgehead atoms. The summed E-state index contributed by atoms with van der Waals surface area (Å²) in [6, 6.07) is 7.18. The lowest BCUT2D eigenvalue weighted by Gasteiger charge is -2.11. The fourth-order valence-corrected chi connectivity index (χ4v) is 2.33. The largest absolute Gasteiger partial charge is 0.396 e. The topological polar surface area (TPSA) is 99.2 Å². The van der Waals surface area contributed by atoms with Crippen LogP contribution in [0.4, 0.5) is 23.1 Å². The molecule has 4 N–H and O–H groups in total. The molecule has 1 amide bonds. The molecule has 0 spiro atoms. The van der Waals surface area contributed by atoms with Crippen LogP contribution in [0.5, 0.6) is 0 Å². The van der Waals surface area contributed by atoms with E-state index in [0.717, 1.165) is 24.9 Å². The lowest BCUT2D eigenvalue weighted by molar-refractivity contribution is -0.111. The summed E-state index contributed by atoms with van der Waals surface area (Å²) in [7, 11) is 0. The second-order valence-corrected chi connectivity index (χ2v) is 5.91. The van der Waals surface area contributed by atoms with E-state index in [1.54, 1.807) is 18.2 Å². The van der Waals surface area contributed by atoms with E-state index in [1.165, 1.54) is 12.3 Å². The molecule has 0 radical (unpaired) electrons. The maximum atomic E-state index is 11.4. The van der Waals surface area contributed by atoms with Crippen molar-refractivity contribution in [2.75, 3.05) is 29.1 Å². The minimum atomic E-state index is -0.280. The van der Waals surface area contributed by atoms with Gasteiger partial charge in [0, 0.05) is 24.5 Å². The monoisotopic (exact) mass is 375 g/mol. The highest BCUT2D eigenvalue weighted by Crippen LogP contribution is 2.23. The SMILES string of the molecule is C=CC(=O)Nc1cccc(Nc2ncc(Cl)c(NCCCCCO)n2)c1. The summed E-state index contributed by atoms with van der Waals surface area (Å²) >= 11 is 6.13. The summed E-state index contributed by atoms with van der Waals surface area (Å²) in [5.41, 5.74) is 1.36. The van der Waals surface area contributed by atoms with Gasteiger partial charge in [-0.1, -0.05) is 24.2 Å². The molecule has 1 aromatic heterocycles. The first-order valence-corrected chi connectivity index (χ1v) is 8.68. The van der Waals surface area contributed by atoms with Gasteiger partial charge in [-0.15, -0.1) is 0 Å². The van der Waals surface area contributed by atoms with Crippen molar-refractivity contribution in [3.63, 3.8) is 0 Å². The summed E-state index contributed by atoms with van der Waals surface area (Å²) in [4.78, 5) is 19.9. The molecule has 1 aromatic carbocycles. The smallest absolute Gasteiger partial charge is 0.247 e. The van der Waals surface area contributed by atoms with Gasteiger partial charge in [-0.3, -0.25) is 4.79 Å². The number of nitrogens with one attached hydrogen (secondary N) is 3. The number of aromatic nitrogens is 2. The maximum Gasteiger partial charge on any atom is 0.247 e. The van der Waals surface area contributed by atoms with Crippen molar-refractivity contribution in [1.29, 1.82) is 0 Å². The molecule has 0 aliphatic heterocycles. The highest BCUT2D eigenvalue weighted by Gasteiger charge is 2.06. The maximum absolute atomic E-state index is 11.4. The first kappa shape index (κ1) is 19.7. The summed E-state index contributed by atoms with van der Waals surface area (Å²) < 4.78 is 0. The number of aliphatic hydroxyl groups is 1. The fraction of sp³-hybridized carbons (Fsp3) is 0.278. The second kappa shape index (κ2) is 10.4. The zero-order valence-corrected chi connectivity index (χ0v) is 15.1. The third kappa shape index (κ3) is 6.34. The van der Waals surface area contributed by atoms with Gasteiger partial charge in [-0.25, -0.2) is 4.98 Å². The molecule has 138 valence electrons. The number of hydrogen-bond acceptors (Lipinski definition) is 6. The minimum absolute atomic E-state index is 0.203. The summed E-state index contributed by atoms with van der Waals surface area (Å²) in [5.74, 6) is 0.654. The van der Waals surface area contributed by atoms with E-state index in [0.29, 0.717) is 29.0 Å². The van der Waals surface area contributed by atoms with Crippen molar-refractivity contribution >= 4 is 40.6 Å². The molecule has 2 rings (SSSR count). The van der Waals surface area contributed by atoms with Crippen molar-refractivity contribution < 1.29 is 9.90 Å². The molecule has 0 atom stereocenters. The van der Waals surface area contributed by atoms with Gasteiger partial charge in [-0.05, 0) is 43.5 Å². The Labute approximate surface area is 157 Å². The Kier molecular flexibility index (Phi) is 7.85. The van der Waals surface area contributed by atoms with E-state index < -0.39 is 0 Å². The first-order chi connectivity index (χ1) is 12.6.